The van der Waals surface area contributed by atoms with E-state index < -0.39 is 0 Å². The first kappa shape index (κ1) is 5.10. The zero-order valence-corrected chi connectivity index (χ0v) is 4.35. The fraction of sp³-hybridized carbons (Fsp3) is 0.600. The van der Waals surface area contributed by atoms with Gasteiger partial charge < -0.3 is 5.32 Å². The molecule has 0 aromatic rings. The molecular formula is C5H6N2O. The Hall–Kier alpha value is -1.04. The van der Waals surface area contributed by atoms with Crippen molar-refractivity contribution < 1.29 is 4.79 Å². The molecule has 0 aliphatic carbocycles. The van der Waals surface area contributed by atoms with Crippen molar-refractivity contribution in [3.63, 3.8) is 0 Å². The average molecular weight is 110 g/mol. The first-order chi connectivity index (χ1) is 3.83. The van der Waals surface area contributed by atoms with E-state index >= 15 is 0 Å². The van der Waals surface area contributed by atoms with Crippen LogP contribution >= 0.6 is 0 Å². The molecule has 3 nitrogen and oxygen atoms in total. The highest BCUT2D eigenvalue weighted by molar-refractivity contribution is 5.82. The van der Waals surface area contributed by atoms with Crippen LogP contribution in [-0.2, 0) is 4.79 Å². The molecule has 3 heteroatoms. The van der Waals surface area contributed by atoms with Gasteiger partial charge in [-0.15, -0.1) is 0 Å². The molecule has 0 aromatic heterocycles. The Kier molecular flexibility index (Phi) is 1.17. The Labute approximate surface area is 47.3 Å². The predicted molar refractivity (Wildman–Crippen MR) is 26.8 cm³/mol. The zero-order chi connectivity index (χ0) is 5.98. The standard InChI is InChI=1S/C5H6N2O/c6-2-1-4-3-5(8)7-4/h4H,1,3H2,(H,7,8). The lowest BCUT2D eigenvalue weighted by atomic mass is 10.0. The van der Waals surface area contributed by atoms with Crippen LogP contribution in [0, 0.1) is 11.3 Å². The molecule has 0 bridgehead atoms. The van der Waals surface area contributed by atoms with Crippen LogP contribution in [0.4, 0.5) is 0 Å². The summed E-state index contributed by atoms with van der Waals surface area (Å²) in [4.78, 5) is 10.2. The quantitative estimate of drug-likeness (QED) is 0.475. The van der Waals surface area contributed by atoms with Gasteiger partial charge in [0, 0.05) is 6.42 Å². The first-order valence-corrected chi connectivity index (χ1v) is 2.49. The lowest BCUT2D eigenvalue weighted by Gasteiger charge is -2.23. The van der Waals surface area contributed by atoms with Gasteiger partial charge in [0.2, 0.25) is 5.91 Å². The van der Waals surface area contributed by atoms with Crippen molar-refractivity contribution >= 4 is 5.91 Å². The number of carbonyl (C=O) groups excluding carboxylic acids is 1. The number of hydrogen-bond donors (Lipinski definition) is 1. The van der Waals surface area contributed by atoms with Crippen molar-refractivity contribution in [2.24, 2.45) is 0 Å². The molecule has 1 saturated heterocycles. The minimum atomic E-state index is 0.0604. The zero-order valence-electron chi connectivity index (χ0n) is 4.35. The maximum absolute atomic E-state index is 10.2. The van der Waals surface area contributed by atoms with Gasteiger partial charge in [-0.2, -0.15) is 5.26 Å². The van der Waals surface area contributed by atoms with Gasteiger partial charge in [-0.3, -0.25) is 4.79 Å². The number of rotatable bonds is 1. The molecule has 0 spiro atoms. The van der Waals surface area contributed by atoms with Crippen LogP contribution in [0.25, 0.3) is 0 Å². The van der Waals surface area contributed by atoms with Crippen LogP contribution in [0.5, 0.6) is 0 Å². The second-order valence-electron chi connectivity index (χ2n) is 1.83. The van der Waals surface area contributed by atoms with Crippen molar-refractivity contribution in [3.05, 3.63) is 0 Å². The summed E-state index contributed by atoms with van der Waals surface area (Å²) in [5.74, 6) is 0.0604. The van der Waals surface area contributed by atoms with Crippen LogP contribution in [-0.4, -0.2) is 11.9 Å². The third-order valence-electron chi connectivity index (χ3n) is 1.13. The molecule has 8 heavy (non-hydrogen) atoms. The van der Waals surface area contributed by atoms with E-state index in [0.717, 1.165) is 0 Å². The first-order valence-electron chi connectivity index (χ1n) is 2.49. The number of hydrogen-bond acceptors (Lipinski definition) is 2. The van der Waals surface area contributed by atoms with Crippen molar-refractivity contribution in [2.45, 2.75) is 18.9 Å². The van der Waals surface area contributed by atoms with Gasteiger partial charge in [0.05, 0.1) is 18.5 Å². The highest BCUT2D eigenvalue weighted by Crippen LogP contribution is 2.06. The number of nitrogens with zero attached hydrogens (tertiary/aromatic N) is 1. The molecular weight excluding hydrogens is 104 g/mol. The van der Waals surface area contributed by atoms with Gasteiger partial charge in [-0.05, 0) is 0 Å². The Balaban J connectivity index is 2.18. The van der Waals surface area contributed by atoms with Gasteiger partial charge in [0.15, 0.2) is 0 Å². The van der Waals surface area contributed by atoms with E-state index in [9.17, 15) is 4.79 Å². The van der Waals surface area contributed by atoms with Gasteiger partial charge in [-0.25, -0.2) is 0 Å². The number of amides is 1. The Bertz CT molecular complexity index is 139. The third kappa shape index (κ3) is 0.784. The highest BCUT2D eigenvalue weighted by atomic mass is 16.2. The average Bonchev–Trinajstić information content (AvgIpc) is 1.64. The maximum Gasteiger partial charge on any atom is 0.222 e. The Morgan fingerprint density at radius 3 is 3.00 bits per heavy atom. The number of carbonyl (C=O) groups is 1. The van der Waals surface area contributed by atoms with Crippen LogP contribution in [0.3, 0.4) is 0 Å². The summed E-state index contributed by atoms with van der Waals surface area (Å²) in [7, 11) is 0. The molecule has 1 amide bonds. The topological polar surface area (TPSA) is 52.9 Å². The minimum Gasteiger partial charge on any atom is -0.352 e. The van der Waals surface area contributed by atoms with Crippen LogP contribution in [0.1, 0.15) is 12.8 Å². The molecule has 42 valence electrons. The second kappa shape index (κ2) is 1.83. The van der Waals surface area contributed by atoms with Gasteiger partial charge in [0.1, 0.15) is 0 Å². The van der Waals surface area contributed by atoms with E-state index in [1.165, 1.54) is 0 Å². The number of nitrogens with one attached hydrogen (secondary N) is 1. The maximum atomic E-state index is 10.2. The normalized spacial score (nSPS) is 25.4. The van der Waals surface area contributed by atoms with Crippen LogP contribution < -0.4 is 5.32 Å². The smallest absolute Gasteiger partial charge is 0.222 e. The minimum absolute atomic E-state index is 0.0604. The monoisotopic (exact) mass is 110 g/mol. The van der Waals surface area contributed by atoms with Gasteiger partial charge in [-0.1, -0.05) is 0 Å². The molecule has 1 rings (SSSR count). The molecule has 1 aliphatic rings. The molecule has 1 heterocycles. The summed E-state index contributed by atoms with van der Waals surface area (Å²) in [5, 5.41) is 10.7. The largest absolute Gasteiger partial charge is 0.352 e. The lowest BCUT2D eigenvalue weighted by Crippen LogP contribution is -2.47. The van der Waals surface area contributed by atoms with E-state index in [-0.39, 0.29) is 11.9 Å². The van der Waals surface area contributed by atoms with Crippen molar-refractivity contribution in [1.29, 1.82) is 5.26 Å². The highest BCUT2D eigenvalue weighted by Gasteiger charge is 2.23. The fourth-order valence-corrected chi connectivity index (χ4v) is 0.664. The Morgan fingerprint density at radius 2 is 2.62 bits per heavy atom. The summed E-state index contributed by atoms with van der Waals surface area (Å²) in [6, 6.07) is 2.12. The SMILES string of the molecule is N#CCC1CC(=O)N1. The molecule has 1 atom stereocenters. The number of nitriles is 1. The molecule has 0 radical (unpaired) electrons. The summed E-state index contributed by atoms with van der Waals surface area (Å²) >= 11 is 0. The van der Waals surface area contributed by atoms with Crippen LogP contribution in [0.2, 0.25) is 0 Å². The molecule has 0 saturated carbocycles. The van der Waals surface area contributed by atoms with E-state index in [4.69, 9.17) is 5.26 Å². The lowest BCUT2D eigenvalue weighted by molar-refractivity contribution is -0.127. The predicted octanol–water partition coefficient (Wildman–Crippen LogP) is -0.211. The molecule has 0 aromatic carbocycles. The van der Waals surface area contributed by atoms with Crippen LogP contribution in [0.15, 0.2) is 0 Å². The van der Waals surface area contributed by atoms with E-state index in [0.29, 0.717) is 12.8 Å². The summed E-state index contributed by atoms with van der Waals surface area (Å²) in [6.45, 7) is 0. The summed E-state index contributed by atoms with van der Waals surface area (Å²) in [6.07, 6.45) is 0.985. The molecule has 1 fully saturated rings. The van der Waals surface area contributed by atoms with Gasteiger partial charge >= 0.3 is 0 Å². The summed E-state index contributed by atoms with van der Waals surface area (Å²) < 4.78 is 0. The van der Waals surface area contributed by atoms with E-state index in [2.05, 4.69) is 5.32 Å². The molecule has 1 N–H and O–H groups in total. The van der Waals surface area contributed by atoms with Gasteiger partial charge in [0.25, 0.3) is 0 Å². The summed E-state index contributed by atoms with van der Waals surface area (Å²) in [5.41, 5.74) is 0. The third-order valence-corrected chi connectivity index (χ3v) is 1.13. The van der Waals surface area contributed by atoms with Crippen molar-refractivity contribution in [1.82, 2.24) is 5.32 Å². The second-order valence-corrected chi connectivity index (χ2v) is 1.83. The van der Waals surface area contributed by atoms with Crippen molar-refractivity contribution in [2.75, 3.05) is 0 Å². The number of β-lactam (4-membered cyclic amide) rings is 1. The fourth-order valence-electron chi connectivity index (χ4n) is 0.664. The van der Waals surface area contributed by atoms with E-state index in [1.54, 1.807) is 0 Å². The molecule has 1 unspecified atom stereocenters. The van der Waals surface area contributed by atoms with E-state index in [1.807, 2.05) is 6.07 Å². The molecule has 1 aliphatic heterocycles. The van der Waals surface area contributed by atoms with Crippen molar-refractivity contribution in [3.8, 4) is 6.07 Å². The Morgan fingerprint density at radius 1 is 2.00 bits per heavy atom.